The van der Waals surface area contributed by atoms with Crippen LogP contribution < -0.4 is 10.5 Å². The van der Waals surface area contributed by atoms with Crippen LogP contribution in [0.25, 0.3) is 0 Å². The molecule has 0 bridgehead atoms. The molecule has 0 heterocycles. The summed E-state index contributed by atoms with van der Waals surface area (Å²) in [6.07, 6.45) is 0.987. The summed E-state index contributed by atoms with van der Waals surface area (Å²) in [7, 11) is -3.23. The van der Waals surface area contributed by atoms with Crippen molar-refractivity contribution >= 4 is 9.84 Å². The molecule has 2 N–H and O–H groups in total. The van der Waals surface area contributed by atoms with E-state index in [0.717, 1.165) is 0 Å². The van der Waals surface area contributed by atoms with E-state index in [1.807, 2.05) is 27.7 Å². The molecule has 1 rings (SSSR count). The Morgan fingerprint density at radius 3 is 2.26 bits per heavy atom. The van der Waals surface area contributed by atoms with Crippen molar-refractivity contribution in [3.63, 3.8) is 0 Å². The fraction of sp³-hybridized carbons (Fsp3) is 0.571. The van der Waals surface area contributed by atoms with Crippen LogP contribution in [0.2, 0.25) is 0 Å². The first-order valence-corrected chi connectivity index (χ1v) is 8.13. The van der Waals surface area contributed by atoms with Gasteiger partial charge in [-0.15, -0.1) is 0 Å². The van der Waals surface area contributed by atoms with Gasteiger partial charge in [0, 0.05) is 17.7 Å². The van der Waals surface area contributed by atoms with E-state index in [4.69, 9.17) is 10.5 Å². The van der Waals surface area contributed by atoms with Crippen LogP contribution >= 0.6 is 0 Å². The van der Waals surface area contributed by atoms with Gasteiger partial charge in [-0.05, 0) is 25.1 Å². The number of benzene rings is 1. The van der Waals surface area contributed by atoms with Gasteiger partial charge >= 0.3 is 0 Å². The van der Waals surface area contributed by atoms with Gasteiger partial charge in [0.25, 0.3) is 0 Å². The first-order valence-electron chi connectivity index (χ1n) is 6.24. The number of hydrogen-bond donors (Lipinski definition) is 1. The van der Waals surface area contributed by atoms with Crippen LogP contribution in [0.4, 0.5) is 0 Å². The molecule has 0 saturated heterocycles. The Labute approximate surface area is 115 Å². The lowest BCUT2D eigenvalue weighted by Crippen LogP contribution is -2.45. The zero-order chi connectivity index (χ0) is 14.8. The predicted molar refractivity (Wildman–Crippen MR) is 77.1 cm³/mol. The van der Waals surface area contributed by atoms with Gasteiger partial charge in [0.1, 0.15) is 11.9 Å². The van der Waals surface area contributed by atoms with E-state index < -0.39 is 9.84 Å². The molecule has 0 amide bonds. The first kappa shape index (κ1) is 16.0. The van der Waals surface area contributed by atoms with Crippen LogP contribution in [0.5, 0.6) is 5.75 Å². The van der Waals surface area contributed by atoms with Crippen molar-refractivity contribution in [2.75, 3.05) is 6.26 Å². The van der Waals surface area contributed by atoms with Crippen molar-refractivity contribution in [2.24, 2.45) is 11.1 Å². The Morgan fingerprint density at radius 2 is 1.84 bits per heavy atom. The average Bonchev–Trinajstić information content (AvgIpc) is 2.23. The minimum Gasteiger partial charge on any atom is -0.488 e. The third kappa shape index (κ3) is 4.51. The van der Waals surface area contributed by atoms with Gasteiger partial charge in [0.15, 0.2) is 9.84 Å². The first-order chi connectivity index (χ1) is 8.51. The molecule has 0 aliphatic rings. The fourth-order valence-corrected chi connectivity index (χ4v) is 2.65. The standard InChI is InChI=1S/C14H23NO3S/c1-10(15)13(14(2,3)4)18-11-7-6-8-12(9-11)19(5,16)17/h6-10,13H,15H2,1-5H3. The molecule has 0 spiro atoms. The van der Waals surface area contributed by atoms with Gasteiger partial charge in [-0.2, -0.15) is 0 Å². The van der Waals surface area contributed by atoms with Crippen LogP contribution in [0.15, 0.2) is 29.2 Å². The third-order valence-electron chi connectivity index (χ3n) is 2.83. The van der Waals surface area contributed by atoms with Gasteiger partial charge in [-0.3, -0.25) is 0 Å². The summed E-state index contributed by atoms with van der Waals surface area (Å²) in [4.78, 5) is 0.252. The Hall–Kier alpha value is -1.07. The highest BCUT2D eigenvalue weighted by molar-refractivity contribution is 7.90. The van der Waals surface area contributed by atoms with E-state index in [2.05, 4.69) is 0 Å². The molecular weight excluding hydrogens is 262 g/mol. The van der Waals surface area contributed by atoms with E-state index in [9.17, 15) is 8.42 Å². The van der Waals surface area contributed by atoms with E-state index in [1.54, 1.807) is 18.2 Å². The lowest BCUT2D eigenvalue weighted by Gasteiger charge is -2.34. The van der Waals surface area contributed by atoms with Crippen molar-refractivity contribution in [3.05, 3.63) is 24.3 Å². The lowest BCUT2D eigenvalue weighted by atomic mass is 9.85. The molecule has 4 nitrogen and oxygen atoms in total. The minimum absolute atomic E-state index is 0.130. The van der Waals surface area contributed by atoms with Gasteiger partial charge in [-0.25, -0.2) is 8.42 Å². The summed E-state index contributed by atoms with van der Waals surface area (Å²) < 4.78 is 28.9. The lowest BCUT2D eigenvalue weighted by molar-refractivity contribution is 0.0682. The predicted octanol–water partition coefficient (Wildman–Crippen LogP) is 2.23. The molecule has 1 aromatic rings. The number of sulfone groups is 1. The maximum Gasteiger partial charge on any atom is 0.175 e. The summed E-state index contributed by atoms with van der Waals surface area (Å²) in [5.41, 5.74) is 5.82. The fourth-order valence-electron chi connectivity index (χ4n) is 2.00. The Kier molecular flexibility index (Phi) is 4.63. The molecule has 5 heteroatoms. The number of nitrogens with two attached hydrogens (primary N) is 1. The highest BCUT2D eigenvalue weighted by Gasteiger charge is 2.30. The molecule has 0 radical (unpaired) electrons. The molecule has 2 atom stereocenters. The van der Waals surface area contributed by atoms with Gasteiger partial charge < -0.3 is 10.5 Å². The highest BCUT2D eigenvalue weighted by atomic mass is 32.2. The van der Waals surface area contributed by atoms with Crippen LogP contribution in [-0.2, 0) is 9.84 Å². The van der Waals surface area contributed by atoms with Crippen LogP contribution in [0.1, 0.15) is 27.7 Å². The normalized spacial score (nSPS) is 15.9. The zero-order valence-corrected chi connectivity index (χ0v) is 13.0. The monoisotopic (exact) mass is 285 g/mol. The molecule has 0 aliphatic heterocycles. The summed E-state index contributed by atoms with van der Waals surface area (Å²) in [5, 5.41) is 0. The molecule has 0 saturated carbocycles. The number of ether oxygens (including phenoxy) is 1. The van der Waals surface area contributed by atoms with Crippen molar-refractivity contribution in [1.29, 1.82) is 0 Å². The van der Waals surface area contributed by atoms with Crippen molar-refractivity contribution in [2.45, 2.75) is 44.7 Å². The van der Waals surface area contributed by atoms with Gasteiger partial charge in [0.05, 0.1) is 4.90 Å². The van der Waals surface area contributed by atoms with Crippen molar-refractivity contribution in [1.82, 2.24) is 0 Å². The SMILES string of the molecule is CC(N)C(Oc1cccc(S(C)(=O)=O)c1)C(C)(C)C. The Bertz CT molecular complexity index is 530. The zero-order valence-electron chi connectivity index (χ0n) is 12.2. The molecule has 1 aromatic carbocycles. The second-order valence-electron chi connectivity index (χ2n) is 6.01. The summed E-state index contributed by atoms with van der Waals surface area (Å²) >= 11 is 0. The minimum atomic E-state index is -3.23. The Balaban J connectivity index is 3.05. The van der Waals surface area contributed by atoms with Gasteiger partial charge in [-0.1, -0.05) is 26.8 Å². The van der Waals surface area contributed by atoms with E-state index in [-0.39, 0.29) is 22.5 Å². The van der Waals surface area contributed by atoms with Crippen LogP contribution in [-0.4, -0.2) is 26.8 Å². The molecule has 0 aromatic heterocycles. The van der Waals surface area contributed by atoms with Gasteiger partial charge in [0.2, 0.25) is 0 Å². The van der Waals surface area contributed by atoms with Crippen LogP contribution in [0, 0.1) is 5.41 Å². The van der Waals surface area contributed by atoms with Crippen LogP contribution in [0.3, 0.4) is 0 Å². The third-order valence-corrected chi connectivity index (χ3v) is 3.94. The quantitative estimate of drug-likeness (QED) is 0.921. The van der Waals surface area contributed by atoms with E-state index in [1.165, 1.54) is 12.3 Å². The average molecular weight is 285 g/mol. The topological polar surface area (TPSA) is 69.4 Å². The summed E-state index contributed by atoms with van der Waals surface area (Å²) in [6.45, 7) is 8.01. The molecule has 0 aliphatic carbocycles. The molecular formula is C14H23NO3S. The largest absolute Gasteiger partial charge is 0.488 e. The summed E-state index contributed by atoms with van der Waals surface area (Å²) in [5.74, 6) is 0.528. The maximum atomic E-state index is 11.5. The number of rotatable bonds is 4. The summed E-state index contributed by atoms with van der Waals surface area (Å²) in [6, 6.07) is 6.36. The van der Waals surface area contributed by atoms with E-state index in [0.29, 0.717) is 5.75 Å². The molecule has 2 unspecified atom stereocenters. The maximum absolute atomic E-state index is 11.5. The second-order valence-corrected chi connectivity index (χ2v) is 8.03. The number of hydrogen-bond acceptors (Lipinski definition) is 4. The second kappa shape index (κ2) is 5.51. The van der Waals surface area contributed by atoms with Crippen molar-refractivity contribution < 1.29 is 13.2 Å². The van der Waals surface area contributed by atoms with Crippen molar-refractivity contribution in [3.8, 4) is 5.75 Å². The van der Waals surface area contributed by atoms with E-state index >= 15 is 0 Å². The smallest absolute Gasteiger partial charge is 0.175 e. The Morgan fingerprint density at radius 1 is 1.26 bits per heavy atom. The molecule has 108 valence electrons. The molecule has 19 heavy (non-hydrogen) atoms. The highest BCUT2D eigenvalue weighted by Crippen LogP contribution is 2.27. The molecule has 0 fully saturated rings.